The molecule has 0 aliphatic carbocycles. The summed E-state index contributed by atoms with van der Waals surface area (Å²) in [5.74, 6) is 0.406. The molecule has 1 unspecified atom stereocenters. The fourth-order valence-electron chi connectivity index (χ4n) is 2.37. The van der Waals surface area contributed by atoms with Crippen LogP contribution in [0.1, 0.15) is 28.9 Å². The van der Waals surface area contributed by atoms with Crippen LogP contribution in [0.25, 0.3) is 11.4 Å². The third-order valence-electron chi connectivity index (χ3n) is 3.67. The van der Waals surface area contributed by atoms with Crippen LogP contribution in [-0.2, 0) is 0 Å². The van der Waals surface area contributed by atoms with Crippen LogP contribution >= 0.6 is 15.9 Å². The van der Waals surface area contributed by atoms with Crippen LogP contribution < -0.4 is 5.32 Å². The molecule has 3 aromatic rings. The lowest BCUT2D eigenvalue weighted by Crippen LogP contribution is -2.27. The van der Waals surface area contributed by atoms with Crippen molar-refractivity contribution in [1.82, 2.24) is 15.3 Å². The fraction of sp³-hybridized carbons (Fsp3) is 0.105. The van der Waals surface area contributed by atoms with Gasteiger partial charge in [-0.15, -0.1) is 0 Å². The number of amides is 1. The van der Waals surface area contributed by atoms with Crippen molar-refractivity contribution < 1.29 is 4.79 Å². The lowest BCUT2D eigenvalue weighted by atomic mass is 10.1. The van der Waals surface area contributed by atoms with Crippen molar-refractivity contribution in [3.8, 4) is 11.4 Å². The average Bonchev–Trinajstić information content (AvgIpc) is 2.63. The van der Waals surface area contributed by atoms with Crippen LogP contribution in [0.3, 0.4) is 0 Å². The van der Waals surface area contributed by atoms with Crippen molar-refractivity contribution in [2.45, 2.75) is 13.0 Å². The number of halogens is 1. The van der Waals surface area contributed by atoms with Crippen LogP contribution in [-0.4, -0.2) is 15.9 Å². The van der Waals surface area contributed by atoms with Crippen LogP contribution in [0.4, 0.5) is 0 Å². The monoisotopic (exact) mass is 381 g/mol. The van der Waals surface area contributed by atoms with Crippen molar-refractivity contribution in [3.63, 3.8) is 0 Å². The van der Waals surface area contributed by atoms with Gasteiger partial charge in [-0.3, -0.25) is 4.79 Å². The Morgan fingerprint density at radius 1 is 1.00 bits per heavy atom. The molecular weight excluding hydrogens is 366 g/mol. The second kappa shape index (κ2) is 7.36. The molecule has 2 aromatic carbocycles. The van der Waals surface area contributed by atoms with Gasteiger partial charge in [0.25, 0.3) is 5.91 Å². The van der Waals surface area contributed by atoms with Gasteiger partial charge in [0.2, 0.25) is 0 Å². The first-order chi connectivity index (χ1) is 11.6. The molecule has 1 N–H and O–H groups in total. The number of hydrogen-bond acceptors (Lipinski definition) is 3. The first-order valence-electron chi connectivity index (χ1n) is 7.58. The Labute approximate surface area is 149 Å². The second-order valence-corrected chi connectivity index (χ2v) is 6.23. The molecule has 24 heavy (non-hydrogen) atoms. The van der Waals surface area contributed by atoms with Gasteiger partial charge in [-0.1, -0.05) is 64.5 Å². The summed E-state index contributed by atoms with van der Waals surface area (Å²) in [6.45, 7) is 1.94. The largest absolute Gasteiger partial charge is 0.345 e. The van der Waals surface area contributed by atoms with Crippen molar-refractivity contribution >= 4 is 21.8 Å². The molecular formula is C19H16BrN3O. The summed E-state index contributed by atoms with van der Waals surface area (Å²) in [5.41, 5.74) is 2.38. The number of nitrogens with zero attached hydrogens (tertiary/aromatic N) is 2. The zero-order valence-corrected chi connectivity index (χ0v) is 14.7. The van der Waals surface area contributed by atoms with Crippen LogP contribution in [0, 0.1) is 0 Å². The number of benzene rings is 2. The summed E-state index contributed by atoms with van der Waals surface area (Å²) < 4.78 is 0.966. The molecule has 0 saturated heterocycles. The molecule has 0 aliphatic rings. The van der Waals surface area contributed by atoms with E-state index in [2.05, 4.69) is 31.2 Å². The van der Waals surface area contributed by atoms with Crippen molar-refractivity contribution in [2.75, 3.05) is 0 Å². The number of rotatable bonds is 4. The van der Waals surface area contributed by atoms with Crippen LogP contribution in [0.2, 0.25) is 0 Å². The van der Waals surface area contributed by atoms with E-state index in [0.29, 0.717) is 11.4 Å². The van der Waals surface area contributed by atoms with E-state index in [1.165, 1.54) is 0 Å². The first kappa shape index (κ1) is 16.3. The van der Waals surface area contributed by atoms with E-state index < -0.39 is 0 Å². The molecule has 1 amide bonds. The van der Waals surface area contributed by atoms with Crippen molar-refractivity contribution in [2.24, 2.45) is 0 Å². The standard InChI is InChI=1S/C19H16BrN3O/c1-13(16-9-5-6-10-17(16)20)23-19(24)15-11-21-18(22-12-15)14-7-3-2-4-8-14/h2-13H,1H3,(H,23,24). The van der Waals surface area contributed by atoms with Gasteiger partial charge in [0, 0.05) is 22.4 Å². The molecule has 1 atom stereocenters. The molecule has 0 bridgehead atoms. The Kier molecular flexibility index (Phi) is 5.01. The molecule has 1 aromatic heterocycles. The minimum absolute atomic E-state index is 0.123. The summed E-state index contributed by atoms with van der Waals surface area (Å²) in [4.78, 5) is 21.0. The minimum atomic E-state index is -0.196. The molecule has 4 nitrogen and oxygen atoms in total. The third-order valence-corrected chi connectivity index (χ3v) is 4.39. The Morgan fingerprint density at radius 2 is 1.62 bits per heavy atom. The molecule has 120 valence electrons. The van der Waals surface area contributed by atoms with E-state index in [1.807, 2.05) is 61.5 Å². The lowest BCUT2D eigenvalue weighted by molar-refractivity contribution is 0.0939. The number of aromatic nitrogens is 2. The van der Waals surface area contributed by atoms with Crippen molar-refractivity contribution in [1.29, 1.82) is 0 Å². The van der Waals surface area contributed by atoms with Gasteiger partial charge in [-0.05, 0) is 18.6 Å². The molecule has 0 fully saturated rings. The zero-order valence-electron chi connectivity index (χ0n) is 13.1. The summed E-state index contributed by atoms with van der Waals surface area (Å²) in [6, 6.07) is 17.4. The topological polar surface area (TPSA) is 54.9 Å². The Balaban J connectivity index is 1.73. The highest BCUT2D eigenvalue weighted by atomic mass is 79.9. The van der Waals surface area contributed by atoms with Gasteiger partial charge >= 0.3 is 0 Å². The zero-order chi connectivity index (χ0) is 16.9. The third kappa shape index (κ3) is 3.68. The quantitative estimate of drug-likeness (QED) is 0.728. The second-order valence-electron chi connectivity index (χ2n) is 5.38. The van der Waals surface area contributed by atoms with Gasteiger partial charge in [-0.25, -0.2) is 9.97 Å². The smallest absolute Gasteiger partial charge is 0.254 e. The molecule has 0 aliphatic heterocycles. The van der Waals surface area contributed by atoms with Gasteiger partial charge in [-0.2, -0.15) is 0 Å². The lowest BCUT2D eigenvalue weighted by Gasteiger charge is -2.15. The van der Waals surface area contributed by atoms with Crippen LogP contribution in [0.15, 0.2) is 71.5 Å². The highest BCUT2D eigenvalue weighted by molar-refractivity contribution is 9.10. The summed E-state index contributed by atoms with van der Waals surface area (Å²) in [5, 5.41) is 2.96. The van der Waals surface area contributed by atoms with Crippen LogP contribution in [0.5, 0.6) is 0 Å². The highest BCUT2D eigenvalue weighted by Crippen LogP contribution is 2.23. The molecule has 5 heteroatoms. The van der Waals surface area contributed by atoms with Gasteiger partial charge in [0.05, 0.1) is 11.6 Å². The Hall–Kier alpha value is -2.53. The van der Waals surface area contributed by atoms with E-state index in [0.717, 1.165) is 15.6 Å². The molecule has 3 rings (SSSR count). The maximum Gasteiger partial charge on any atom is 0.254 e. The molecule has 0 spiro atoms. The predicted molar refractivity (Wildman–Crippen MR) is 97.5 cm³/mol. The van der Waals surface area contributed by atoms with E-state index in [4.69, 9.17) is 0 Å². The van der Waals surface area contributed by atoms with E-state index >= 15 is 0 Å². The van der Waals surface area contributed by atoms with Gasteiger partial charge in [0.15, 0.2) is 5.82 Å². The fourth-order valence-corrected chi connectivity index (χ4v) is 2.99. The maximum atomic E-state index is 12.4. The van der Waals surface area contributed by atoms with E-state index in [-0.39, 0.29) is 11.9 Å². The number of carbonyl (C=O) groups excluding carboxylic acids is 1. The van der Waals surface area contributed by atoms with Gasteiger partial charge in [0.1, 0.15) is 0 Å². The highest BCUT2D eigenvalue weighted by Gasteiger charge is 2.14. The molecule has 0 radical (unpaired) electrons. The number of carbonyl (C=O) groups is 1. The first-order valence-corrected chi connectivity index (χ1v) is 8.37. The SMILES string of the molecule is CC(NC(=O)c1cnc(-c2ccccc2)nc1)c1ccccc1Br. The summed E-state index contributed by atoms with van der Waals surface area (Å²) >= 11 is 3.50. The Morgan fingerprint density at radius 3 is 2.29 bits per heavy atom. The molecule has 1 heterocycles. The van der Waals surface area contributed by atoms with E-state index in [1.54, 1.807) is 12.4 Å². The normalized spacial score (nSPS) is 11.8. The summed E-state index contributed by atoms with van der Waals surface area (Å²) in [6.07, 6.45) is 3.11. The predicted octanol–water partition coefficient (Wildman–Crippen LogP) is 4.40. The Bertz CT molecular complexity index is 835. The van der Waals surface area contributed by atoms with Gasteiger partial charge < -0.3 is 5.32 Å². The number of hydrogen-bond donors (Lipinski definition) is 1. The van der Waals surface area contributed by atoms with E-state index in [9.17, 15) is 4.79 Å². The maximum absolute atomic E-state index is 12.4. The summed E-state index contributed by atoms with van der Waals surface area (Å²) in [7, 11) is 0. The molecule has 0 saturated carbocycles. The minimum Gasteiger partial charge on any atom is -0.345 e. The van der Waals surface area contributed by atoms with Crippen molar-refractivity contribution in [3.05, 3.63) is 82.6 Å². The number of nitrogens with one attached hydrogen (secondary N) is 1. The average molecular weight is 382 g/mol.